The number of likely N-dealkylation sites (tertiary alicyclic amines) is 1. The maximum Gasteiger partial charge on any atom is 0.410 e. The number of amides is 1. The number of benzene rings is 1. The van der Waals surface area contributed by atoms with Crippen LogP contribution in [0.2, 0.25) is 0 Å². The zero-order chi connectivity index (χ0) is 17.0. The normalized spacial score (nSPS) is 25.7. The molecule has 1 aromatic rings. The summed E-state index contributed by atoms with van der Waals surface area (Å²) in [6.45, 7) is 0.976. The van der Waals surface area contributed by atoms with Crippen molar-refractivity contribution in [2.75, 3.05) is 20.3 Å². The summed E-state index contributed by atoms with van der Waals surface area (Å²) in [5, 5.41) is 0. The quantitative estimate of drug-likeness (QED) is 0.628. The number of hydrogen-bond donors (Lipinski definition) is 0. The second-order valence-corrected chi connectivity index (χ2v) is 6.08. The molecule has 0 radical (unpaired) electrons. The van der Waals surface area contributed by atoms with E-state index in [0.717, 1.165) is 5.56 Å². The van der Waals surface area contributed by atoms with Gasteiger partial charge in [-0.25, -0.2) is 9.59 Å². The van der Waals surface area contributed by atoms with Crippen LogP contribution in [0.5, 0.6) is 0 Å². The molecular formula is C18H21NO5. The van der Waals surface area contributed by atoms with E-state index in [1.54, 1.807) is 0 Å². The summed E-state index contributed by atoms with van der Waals surface area (Å²) in [5.74, 6) is -0.443. The molecule has 1 spiro atoms. The Kier molecular flexibility index (Phi) is 4.85. The van der Waals surface area contributed by atoms with Gasteiger partial charge in [-0.15, -0.1) is 0 Å². The van der Waals surface area contributed by atoms with Crippen LogP contribution in [0.25, 0.3) is 0 Å². The van der Waals surface area contributed by atoms with Crippen molar-refractivity contribution in [1.29, 1.82) is 0 Å². The number of methoxy groups -OCH3 is 1. The molecule has 2 atom stereocenters. The standard InChI is InChI=1S/C18H21NO5/c1-22-16(20)15-11-18(9-5-6-10-24-18)13-19(15)17(21)23-12-14-7-3-2-4-8-14/h2-8,15H,9-13H2,1H3/t15-,18?/m0/s1. The number of esters is 1. The average molecular weight is 331 g/mol. The van der Waals surface area contributed by atoms with Crippen molar-refractivity contribution in [3.8, 4) is 0 Å². The smallest absolute Gasteiger partial charge is 0.410 e. The minimum Gasteiger partial charge on any atom is -0.467 e. The van der Waals surface area contributed by atoms with Crippen LogP contribution in [0.4, 0.5) is 4.79 Å². The minimum atomic E-state index is -0.676. The first-order valence-corrected chi connectivity index (χ1v) is 7.98. The van der Waals surface area contributed by atoms with Crippen LogP contribution in [-0.4, -0.2) is 48.9 Å². The fourth-order valence-corrected chi connectivity index (χ4v) is 3.19. The van der Waals surface area contributed by atoms with Gasteiger partial charge in [-0.2, -0.15) is 0 Å². The van der Waals surface area contributed by atoms with E-state index in [1.165, 1.54) is 12.0 Å². The topological polar surface area (TPSA) is 65.1 Å². The second-order valence-electron chi connectivity index (χ2n) is 6.08. The summed E-state index contributed by atoms with van der Waals surface area (Å²) < 4.78 is 16.1. The molecular weight excluding hydrogens is 310 g/mol. The molecule has 0 aliphatic carbocycles. The van der Waals surface area contributed by atoms with Gasteiger partial charge in [0.2, 0.25) is 0 Å². The molecule has 0 saturated carbocycles. The lowest BCUT2D eigenvalue weighted by Crippen LogP contribution is -2.42. The van der Waals surface area contributed by atoms with Gasteiger partial charge >= 0.3 is 12.1 Å². The molecule has 0 aromatic heterocycles. The Balaban J connectivity index is 1.69. The molecule has 0 N–H and O–H groups in total. The fraction of sp³-hybridized carbons (Fsp3) is 0.444. The third kappa shape index (κ3) is 3.43. The molecule has 1 saturated heterocycles. The molecule has 2 aliphatic heterocycles. The third-order valence-corrected chi connectivity index (χ3v) is 4.46. The van der Waals surface area contributed by atoms with E-state index in [-0.39, 0.29) is 6.61 Å². The predicted molar refractivity (Wildman–Crippen MR) is 86.2 cm³/mol. The van der Waals surface area contributed by atoms with Gasteiger partial charge < -0.3 is 14.2 Å². The molecule has 6 nitrogen and oxygen atoms in total. The summed E-state index contributed by atoms with van der Waals surface area (Å²) in [6, 6.07) is 8.75. The van der Waals surface area contributed by atoms with E-state index in [4.69, 9.17) is 14.2 Å². The van der Waals surface area contributed by atoms with Crippen molar-refractivity contribution < 1.29 is 23.8 Å². The van der Waals surface area contributed by atoms with E-state index in [9.17, 15) is 9.59 Å². The van der Waals surface area contributed by atoms with Crippen LogP contribution in [0.15, 0.2) is 42.5 Å². The summed E-state index contributed by atoms with van der Waals surface area (Å²) >= 11 is 0. The number of hydrogen-bond acceptors (Lipinski definition) is 5. The molecule has 2 aliphatic rings. The highest BCUT2D eigenvalue weighted by molar-refractivity contribution is 5.82. The van der Waals surface area contributed by atoms with E-state index >= 15 is 0 Å². The maximum absolute atomic E-state index is 12.5. The van der Waals surface area contributed by atoms with Crippen LogP contribution >= 0.6 is 0 Å². The Morgan fingerprint density at radius 2 is 2.08 bits per heavy atom. The van der Waals surface area contributed by atoms with Crippen molar-refractivity contribution in [1.82, 2.24) is 4.90 Å². The minimum absolute atomic E-state index is 0.165. The largest absolute Gasteiger partial charge is 0.467 e. The number of carbonyl (C=O) groups is 2. The Bertz CT molecular complexity index is 630. The molecule has 1 amide bonds. The van der Waals surface area contributed by atoms with Gasteiger partial charge in [-0.3, -0.25) is 4.90 Å². The molecule has 24 heavy (non-hydrogen) atoms. The number of ether oxygens (including phenoxy) is 3. The van der Waals surface area contributed by atoms with E-state index in [2.05, 4.69) is 0 Å². The lowest BCUT2D eigenvalue weighted by atomic mass is 9.94. The Labute approximate surface area is 141 Å². The summed E-state index contributed by atoms with van der Waals surface area (Å²) in [6.07, 6.45) is 4.53. The Hall–Kier alpha value is -2.34. The zero-order valence-corrected chi connectivity index (χ0v) is 13.6. The van der Waals surface area contributed by atoms with Crippen LogP contribution in [0.3, 0.4) is 0 Å². The second kappa shape index (κ2) is 7.05. The van der Waals surface area contributed by atoms with E-state index in [0.29, 0.717) is 26.0 Å². The first kappa shape index (κ1) is 16.5. The number of carbonyl (C=O) groups excluding carboxylic acids is 2. The molecule has 3 rings (SSSR count). The van der Waals surface area contributed by atoms with Gasteiger partial charge in [-0.05, 0) is 12.0 Å². The zero-order valence-electron chi connectivity index (χ0n) is 13.6. The van der Waals surface area contributed by atoms with Crippen molar-refractivity contribution in [3.63, 3.8) is 0 Å². The Morgan fingerprint density at radius 1 is 1.29 bits per heavy atom. The highest BCUT2D eigenvalue weighted by atomic mass is 16.6. The highest BCUT2D eigenvalue weighted by Crippen LogP contribution is 2.36. The molecule has 2 heterocycles. The average Bonchev–Trinajstić information content (AvgIpc) is 2.99. The van der Waals surface area contributed by atoms with Crippen molar-refractivity contribution >= 4 is 12.1 Å². The predicted octanol–water partition coefficient (Wildman–Crippen LogP) is 2.29. The molecule has 1 aromatic carbocycles. The molecule has 1 unspecified atom stereocenters. The Morgan fingerprint density at radius 3 is 2.75 bits per heavy atom. The monoisotopic (exact) mass is 331 g/mol. The summed E-state index contributed by atoms with van der Waals surface area (Å²) in [4.78, 5) is 26.0. The van der Waals surface area contributed by atoms with Gasteiger partial charge in [0.25, 0.3) is 0 Å². The molecule has 128 valence electrons. The lowest BCUT2D eigenvalue weighted by molar-refractivity contribution is -0.145. The van der Waals surface area contributed by atoms with Crippen LogP contribution in [0.1, 0.15) is 18.4 Å². The van der Waals surface area contributed by atoms with E-state index < -0.39 is 23.7 Å². The summed E-state index contributed by atoms with van der Waals surface area (Å²) in [5.41, 5.74) is 0.366. The first-order valence-electron chi connectivity index (χ1n) is 7.98. The van der Waals surface area contributed by atoms with Gasteiger partial charge in [0.1, 0.15) is 12.6 Å². The van der Waals surface area contributed by atoms with Gasteiger partial charge in [0, 0.05) is 6.42 Å². The van der Waals surface area contributed by atoms with E-state index in [1.807, 2.05) is 42.5 Å². The van der Waals surface area contributed by atoms with Crippen molar-refractivity contribution in [2.45, 2.75) is 31.1 Å². The van der Waals surface area contributed by atoms with Gasteiger partial charge in [0.05, 0.1) is 25.9 Å². The highest BCUT2D eigenvalue weighted by Gasteiger charge is 2.50. The van der Waals surface area contributed by atoms with Crippen LogP contribution < -0.4 is 0 Å². The van der Waals surface area contributed by atoms with Gasteiger partial charge in [0.15, 0.2) is 0 Å². The first-order chi connectivity index (χ1) is 11.6. The third-order valence-electron chi connectivity index (χ3n) is 4.46. The lowest BCUT2D eigenvalue weighted by Gasteiger charge is -2.30. The summed E-state index contributed by atoms with van der Waals surface area (Å²) in [7, 11) is 1.32. The van der Waals surface area contributed by atoms with Crippen molar-refractivity contribution in [2.24, 2.45) is 0 Å². The number of rotatable bonds is 3. The van der Waals surface area contributed by atoms with Crippen LogP contribution in [0, 0.1) is 0 Å². The molecule has 6 heteroatoms. The van der Waals surface area contributed by atoms with Crippen molar-refractivity contribution in [3.05, 3.63) is 48.0 Å². The fourth-order valence-electron chi connectivity index (χ4n) is 3.19. The molecule has 0 bridgehead atoms. The SMILES string of the molecule is COC(=O)[C@@H]1CC2(CC=CCO2)CN1C(=O)OCc1ccccc1. The number of nitrogens with zero attached hydrogens (tertiary/aromatic N) is 1. The van der Waals surface area contributed by atoms with Gasteiger partial charge in [-0.1, -0.05) is 42.5 Å². The maximum atomic E-state index is 12.5. The molecule has 1 fully saturated rings. The van der Waals surface area contributed by atoms with Crippen LogP contribution in [-0.2, 0) is 25.6 Å².